The van der Waals surface area contributed by atoms with Crippen molar-refractivity contribution in [3.8, 4) is 0 Å². The van der Waals surface area contributed by atoms with E-state index in [1.54, 1.807) is 11.3 Å². The van der Waals surface area contributed by atoms with Gasteiger partial charge >= 0.3 is 0 Å². The molecule has 0 saturated heterocycles. The predicted molar refractivity (Wildman–Crippen MR) is 75.3 cm³/mol. The fourth-order valence-electron chi connectivity index (χ4n) is 2.06. The zero-order valence-corrected chi connectivity index (χ0v) is 10.8. The van der Waals surface area contributed by atoms with E-state index in [2.05, 4.69) is 47.2 Å². The highest BCUT2D eigenvalue weighted by Crippen LogP contribution is 2.16. The van der Waals surface area contributed by atoms with Crippen LogP contribution in [0.4, 0.5) is 0 Å². The van der Waals surface area contributed by atoms with Gasteiger partial charge in [-0.05, 0) is 59.7 Å². The second-order valence-corrected chi connectivity index (χ2v) is 5.24. The Morgan fingerprint density at radius 1 is 1.06 bits per heavy atom. The smallest absolute Gasteiger partial charge is 0.00456 e. The van der Waals surface area contributed by atoms with Crippen LogP contribution in [0.3, 0.4) is 0 Å². The summed E-state index contributed by atoms with van der Waals surface area (Å²) in [5, 5.41) is 4.38. The summed E-state index contributed by atoms with van der Waals surface area (Å²) in [6.45, 7) is 0.777. The average molecular weight is 245 g/mol. The molecule has 2 aromatic rings. The van der Waals surface area contributed by atoms with Gasteiger partial charge in [0.25, 0.3) is 0 Å². The summed E-state index contributed by atoms with van der Waals surface area (Å²) >= 11 is 1.77. The van der Waals surface area contributed by atoms with E-state index in [4.69, 9.17) is 5.73 Å². The van der Waals surface area contributed by atoms with Crippen LogP contribution in [0.1, 0.15) is 17.5 Å². The van der Waals surface area contributed by atoms with Gasteiger partial charge in [-0.2, -0.15) is 11.3 Å². The summed E-state index contributed by atoms with van der Waals surface area (Å²) in [4.78, 5) is 0. The van der Waals surface area contributed by atoms with Gasteiger partial charge < -0.3 is 5.73 Å². The van der Waals surface area contributed by atoms with Gasteiger partial charge in [-0.15, -0.1) is 0 Å². The minimum absolute atomic E-state index is 0.595. The zero-order chi connectivity index (χ0) is 11.9. The lowest BCUT2D eigenvalue weighted by atomic mass is 9.94. The van der Waals surface area contributed by atoms with Crippen LogP contribution in [-0.4, -0.2) is 6.54 Å². The first-order valence-electron chi connectivity index (χ1n) is 6.13. The lowest BCUT2D eigenvalue weighted by Gasteiger charge is -2.14. The van der Waals surface area contributed by atoms with Gasteiger partial charge in [-0.25, -0.2) is 0 Å². The van der Waals surface area contributed by atoms with Crippen molar-refractivity contribution in [2.45, 2.75) is 19.3 Å². The molecule has 0 saturated carbocycles. The van der Waals surface area contributed by atoms with Crippen molar-refractivity contribution in [1.82, 2.24) is 0 Å². The molecule has 0 amide bonds. The number of benzene rings is 1. The molecule has 1 nitrogen and oxygen atoms in total. The normalized spacial score (nSPS) is 12.5. The molecular formula is C15H19NS. The van der Waals surface area contributed by atoms with Gasteiger partial charge in [0.2, 0.25) is 0 Å². The molecule has 0 radical (unpaired) electrons. The van der Waals surface area contributed by atoms with E-state index in [1.165, 1.54) is 17.5 Å². The molecule has 1 atom stereocenters. The lowest BCUT2D eigenvalue weighted by Crippen LogP contribution is -2.17. The van der Waals surface area contributed by atoms with E-state index < -0.39 is 0 Å². The summed E-state index contributed by atoms with van der Waals surface area (Å²) in [7, 11) is 0. The summed E-state index contributed by atoms with van der Waals surface area (Å²) in [5.74, 6) is 0.595. The van der Waals surface area contributed by atoms with Crippen molar-refractivity contribution in [3.05, 3.63) is 58.3 Å². The largest absolute Gasteiger partial charge is 0.330 e. The topological polar surface area (TPSA) is 26.0 Å². The monoisotopic (exact) mass is 245 g/mol. The quantitative estimate of drug-likeness (QED) is 0.828. The molecule has 0 aliphatic rings. The van der Waals surface area contributed by atoms with Crippen LogP contribution in [0.25, 0.3) is 0 Å². The third kappa shape index (κ3) is 3.99. The van der Waals surface area contributed by atoms with Crippen molar-refractivity contribution >= 4 is 11.3 Å². The first kappa shape index (κ1) is 12.3. The summed E-state index contributed by atoms with van der Waals surface area (Å²) in [6.07, 6.45) is 3.43. The molecule has 0 aliphatic carbocycles. The van der Waals surface area contributed by atoms with Gasteiger partial charge in [0.05, 0.1) is 0 Å². The molecule has 2 N–H and O–H groups in total. The van der Waals surface area contributed by atoms with Crippen LogP contribution in [-0.2, 0) is 12.8 Å². The molecule has 1 aromatic carbocycles. The van der Waals surface area contributed by atoms with E-state index in [1.807, 2.05) is 0 Å². The molecule has 0 aliphatic heterocycles. The van der Waals surface area contributed by atoms with Crippen LogP contribution in [0.2, 0.25) is 0 Å². The van der Waals surface area contributed by atoms with Crippen molar-refractivity contribution in [3.63, 3.8) is 0 Å². The molecule has 1 unspecified atom stereocenters. The van der Waals surface area contributed by atoms with Crippen molar-refractivity contribution in [1.29, 1.82) is 0 Å². The standard InChI is InChI=1S/C15H19NS/c16-11-15(7-6-14-8-9-17-12-14)10-13-4-2-1-3-5-13/h1-5,8-9,12,15H,6-7,10-11,16H2. The van der Waals surface area contributed by atoms with Crippen LogP contribution in [0, 0.1) is 5.92 Å². The Bertz CT molecular complexity index is 408. The maximum Gasteiger partial charge on any atom is -0.00456 e. The van der Waals surface area contributed by atoms with Crippen LogP contribution in [0.15, 0.2) is 47.2 Å². The highest BCUT2D eigenvalue weighted by atomic mass is 32.1. The van der Waals surface area contributed by atoms with E-state index >= 15 is 0 Å². The fourth-order valence-corrected chi connectivity index (χ4v) is 2.76. The molecule has 2 heteroatoms. The number of aryl methyl sites for hydroxylation is 1. The molecule has 0 spiro atoms. The Morgan fingerprint density at radius 2 is 1.88 bits per heavy atom. The summed E-state index contributed by atoms with van der Waals surface area (Å²) < 4.78 is 0. The molecular weight excluding hydrogens is 226 g/mol. The Kier molecular flexibility index (Phi) is 4.77. The van der Waals surface area contributed by atoms with E-state index in [0.717, 1.165) is 19.4 Å². The van der Waals surface area contributed by atoms with E-state index in [9.17, 15) is 0 Å². The Balaban J connectivity index is 1.85. The highest BCUT2D eigenvalue weighted by Gasteiger charge is 2.08. The number of hydrogen-bond donors (Lipinski definition) is 1. The first-order valence-corrected chi connectivity index (χ1v) is 7.08. The third-order valence-corrected chi connectivity index (χ3v) is 3.85. The predicted octanol–water partition coefficient (Wildman–Crippen LogP) is 3.50. The minimum Gasteiger partial charge on any atom is -0.330 e. The SMILES string of the molecule is NCC(CCc1ccsc1)Cc1ccccc1. The van der Waals surface area contributed by atoms with Gasteiger partial charge in [0.15, 0.2) is 0 Å². The van der Waals surface area contributed by atoms with Crippen molar-refractivity contribution in [2.24, 2.45) is 11.7 Å². The Hall–Kier alpha value is -1.12. The number of rotatable bonds is 6. The molecule has 90 valence electrons. The molecule has 0 bridgehead atoms. The molecule has 2 rings (SSSR count). The fraction of sp³-hybridized carbons (Fsp3) is 0.333. The maximum absolute atomic E-state index is 5.86. The molecule has 17 heavy (non-hydrogen) atoms. The van der Waals surface area contributed by atoms with E-state index in [0.29, 0.717) is 5.92 Å². The molecule has 0 fully saturated rings. The molecule has 1 aromatic heterocycles. The lowest BCUT2D eigenvalue weighted by molar-refractivity contribution is 0.494. The third-order valence-electron chi connectivity index (χ3n) is 3.12. The second-order valence-electron chi connectivity index (χ2n) is 4.46. The Morgan fingerprint density at radius 3 is 2.53 bits per heavy atom. The number of nitrogens with two attached hydrogens (primary N) is 1. The molecule has 1 heterocycles. The van der Waals surface area contributed by atoms with Gasteiger partial charge in [-0.1, -0.05) is 30.3 Å². The van der Waals surface area contributed by atoms with Gasteiger partial charge in [-0.3, -0.25) is 0 Å². The van der Waals surface area contributed by atoms with Crippen LogP contribution in [0.5, 0.6) is 0 Å². The zero-order valence-electron chi connectivity index (χ0n) is 10.0. The maximum atomic E-state index is 5.86. The summed E-state index contributed by atoms with van der Waals surface area (Å²) in [5.41, 5.74) is 8.71. The van der Waals surface area contributed by atoms with Gasteiger partial charge in [0, 0.05) is 0 Å². The second kappa shape index (κ2) is 6.58. The minimum atomic E-state index is 0.595. The summed E-state index contributed by atoms with van der Waals surface area (Å²) in [6, 6.07) is 12.8. The Labute approximate surface area is 107 Å². The van der Waals surface area contributed by atoms with Crippen LogP contribution < -0.4 is 5.73 Å². The number of hydrogen-bond acceptors (Lipinski definition) is 2. The highest BCUT2D eigenvalue weighted by molar-refractivity contribution is 7.07. The average Bonchev–Trinajstić information content (AvgIpc) is 2.89. The van der Waals surface area contributed by atoms with E-state index in [-0.39, 0.29) is 0 Å². The number of thiophene rings is 1. The van der Waals surface area contributed by atoms with Gasteiger partial charge in [0.1, 0.15) is 0 Å². The van der Waals surface area contributed by atoms with Crippen LogP contribution >= 0.6 is 11.3 Å². The first-order chi connectivity index (χ1) is 8.38. The van der Waals surface area contributed by atoms with Crippen molar-refractivity contribution in [2.75, 3.05) is 6.54 Å². The van der Waals surface area contributed by atoms with Crippen molar-refractivity contribution < 1.29 is 0 Å².